The summed E-state index contributed by atoms with van der Waals surface area (Å²) in [5.41, 5.74) is 1.55. The molecule has 0 spiro atoms. The number of carbonyl (C=O) groups is 1. The van der Waals surface area contributed by atoms with E-state index in [0.29, 0.717) is 40.0 Å². The van der Waals surface area contributed by atoms with E-state index in [2.05, 4.69) is 15.9 Å². The van der Waals surface area contributed by atoms with Gasteiger partial charge in [-0.3, -0.25) is 0 Å². The van der Waals surface area contributed by atoms with Gasteiger partial charge in [0.1, 0.15) is 6.61 Å². The van der Waals surface area contributed by atoms with Gasteiger partial charge >= 0.3 is 5.97 Å². The molecule has 0 aliphatic carbocycles. The molecule has 0 atom stereocenters. The van der Waals surface area contributed by atoms with Gasteiger partial charge in [-0.15, -0.1) is 6.42 Å². The third-order valence-electron chi connectivity index (χ3n) is 2.82. The standard InChI is InChI=1S/C16H14ClNO4/c1-4-6-21-15-13(17)8-11(9-14(15)20-5-2)7-12-10(3)18-22-16(12)19/h1,7-9H,5-6H2,2-3H3/b12-7-. The Labute approximate surface area is 133 Å². The van der Waals surface area contributed by atoms with E-state index in [1.807, 2.05) is 6.92 Å². The average Bonchev–Trinajstić information content (AvgIpc) is 2.79. The molecule has 0 unspecified atom stereocenters. The minimum Gasteiger partial charge on any atom is -0.490 e. The Bertz CT molecular complexity index is 701. The summed E-state index contributed by atoms with van der Waals surface area (Å²) < 4.78 is 10.9. The van der Waals surface area contributed by atoms with Crippen LogP contribution in [0.15, 0.2) is 22.9 Å². The van der Waals surface area contributed by atoms with E-state index in [0.717, 1.165) is 0 Å². The first kappa shape index (κ1) is 15.9. The smallest absolute Gasteiger partial charge is 0.367 e. The molecule has 0 aromatic heterocycles. The summed E-state index contributed by atoms with van der Waals surface area (Å²) in [5.74, 6) is 2.71. The van der Waals surface area contributed by atoms with Crippen molar-refractivity contribution >= 4 is 29.4 Å². The number of ether oxygens (including phenoxy) is 2. The van der Waals surface area contributed by atoms with Crippen molar-refractivity contribution in [2.75, 3.05) is 13.2 Å². The van der Waals surface area contributed by atoms with Crippen LogP contribution in [0.4, 0.5) is 0 Å². The Morgan fingerprint density at radius 1 is 1.45 bits per heavy atom. The van der Waals surface area contributed by atoms with Gasteiger partial charge in [-0.05, 0) is 37.6 Å². The van der Waals surface area contributed by atoms with E-state index >= 15 is 0 Å². The minimum absolute atomic E-state index is 0.0817. The molecular weight excluding hydrogens is 306 g/mol. The fourth-order valence-corrected chi connectivity index (χ4v) is 2.15. The summed E-state index contributed by atoms with van der Waals surface area (Å²) in [7, 11) is 0. The average molecular weight is 320 g/mol. The van der Waals surface area contributed by atoms with Crippen LogP contribution in [0.2, 0.25) is 5.02 Å². The lowest BCUT2D eigenvalue weighted by Crippen LogP contribution is -2.03. The molecule has 5 nitrogen and oxygen atoms in total. The van der Waals surface area contributed by atoms with Crippen LogP contribution in [0.1, 0.15) is 19.4 Å². The summed E-state index contributed by atoms with van der Waals surface area (Å²) >= 11 is 6.21. The maximum absolute atomic E-state index is 11.6. The number of benzene rings is 1. The third kappa shape index (κ3) is 3.41. The first-order valence-corrected chi connectivity index (χ1v) is 6.95. The van der Waals surface area contributed by atoms with Crippen molar-refractivity contribution in [1.82, 2.24) is 0 Å². The van der Waals surface area contributed by atoms with Crippen molar-refractivity contribution in [2.24, 2.45) is 5.16 Å². The van der Waals surface area contributed by atoms with Crippen LogP contribution in [0, 0.1) is 12.3 Å². The van der Waals surface area contributed by atoms with Crippen LogP contribution in [0.3, 0.4) is 0 Å². The van der Waals surface area contributed by atoms with Crippen LogP contribution in [0.5, 0.6) is 11.5 Å². The molecule has 114 valence electrons. The molecule has 1 aliphatic rings. The molecule has 1 aliphatic heterocycles. The molecule has 0 radical (unpaired) electrons. The molecule has 0 saturated heterocycles. The Balaban J connectivity index is 2.42. The second-order valence-electron chi connectivity index (χ2n) is 4.37. The second kappa shape index (κ2) is 7.01. The number of terminal acetylenes is 1. The SMILES string of the molecule is C#CCOc1c(Cl)cc(/C=C2\C(=O)ON=C2C)cc1OCC. The number of oxime groups is 1. The Kier molecular flexibility index (Phi) is 5.08. The van der Waals surface area contributed by atoms with Gasteiger partial charge in [-0.25, -0.2) is 4.79 Å². The Morgan fingerprint density at radius 3 is 2.82 bits per heavy atom. The van der Waals surface area contributed by atoms with Gasteiger partial charge in [0.2, 0.25) is 0 Å². The lowest BCUT2D eigenvalue weighted by atomic mass is 10.1. The molecule has 1 heterocycles. The van der Waals surface area contributed by atoms with Crippen LogP contribution >= 0.6 is 11.6 Å². The molecule has 0 amide bonds. The van der Waals surface area contributed by atoms with Crippen molar-refractivity contribution in [1.29, 1.82) is 0 Å². The molecule has 1 aromatic carbocycles. The molecule has 0 N–H and O–H groups in total. The van der Waals surface area contributed by atoms with Crippen molar-refractivity contribution in [3.05, 3.63) is 28.3 Å². The van der Waals surface area contributed by atoms with Gasteiger partial charge in [0, 0.05) is 0 Å². The molecule has 0 bridgehead atoms. The highest BCUT2D eigenvalue weighted by molar-refractivity contribution is 6.32. The summed E-state index contributed by atoms with van der Waals surface area (Å²) in [4.78, 5) is 16.2. The predicted molar refractivity (Wildman–Crippen MR) is 84.1 cm³/mol. The topological polar surface area (TPSA) is 57.1 Å². The van der Waals surface area contributed by atoms with E-state index in [1.54, 1.807) is 25.1 Å². The van der Waals surface area contributed by atoms with Crippen LogP contribution in [-0.2, 0) is 9.63 Å². The largest absolute Gasteiger partial charge is 0.490 e. The highest BCUT2D eigenvalue weighted by atomic mass is 35.5. The van der Waals surface area contributed by atoms with E-state index < -0.39 is 5.97 Å². The van der Waals surface area contributed by atoms with Gasteiger partial charge in [-0.1, -0.05) is 22.7 Å². The zero-order valence-electron chi connectivity index (χ0n) is 12.2. The van der Waals surface area contributed by atoms with E-state index in [1.165, 1.54) is 0 Å². The summed E-state index contributed by atoms with van der Waals surface area (Å²) in [6.07, 6.45) is 6.82. The van der Waals surface area contributed by atoms with Crippen LogP contribution in [-0.4, -0.2) is 24.9 Å². The molecule has 22 heavy (non-hydrogen) atoms. The van der Waals surface area contributed by atoms with Crippen molar-refractivity contribution in [3.63, 3.8) is 0 Å². The number of carbonyl (C=O) groups excluding carboxylic acids is 1. The van der Waals surface area contributed by atoms with Gasteiger partial charge in [-0.2, -0.15) is 0 Å². The molecule has 0 fully saturated rings. The lowest BCUT2D eigenvalue weighted by molar-refractivity contribution is -0.136. The molecule has 2 rings (SSSR count). The van der Waals surface area contributed by atoms with Crippen molar-refractivity contribution in [2.45, 2.75) is 13.8 Å². The maximum Gasteiger partial charge on any atom is 0.367 e. The van der Waals surface area contributed by atoms with Crippen LogP contribution < -0.4 is 9.47 Å². The third-order valence-corrected chi connectivity index (χ3v) is 3.10. The minimum atomic E-state index is -0.501. The normalized spacial score (nSPS) is 15.3. The fraction of sp³-hybridized carbons (Fsp3) is 0.250. The fourth-order valence-electron chi connectivity index (χ4n) is 1.87. The highest BCUT2D eigenvalue weighted by Crippen LogP contribution is 2.37. The molecule has 1 aromatic rings. The monoisotopic (exact) mass is 319 g/mol. The molecule has 0 saturated carbocycles. The quantitative estimate of drug-likeness (QED) is 0.475. The van der Waals surface area contributed by atoms with Gasteiger partial charge in [0.05, 0.1) is 22.9 Å². The lowest BCUT2D eigenvalue weighted by Gasteiger charge is -2.13. The Morgan fingerprint density at radius 2 is 2.23 bits per heavy atom. The number of hydrogen-bond acceptors (Lipinski definition) is 5. The van der Waals surface area contributed by atoms with Gasteiger partial charge in [0.15, 0.2) is 11.5 Å². The van der Waals surface area contributed by atoms with E-state index in [9.17, 15) is 4.79 Å². The zero-order valence-corrected chi connectivity index (χ0v) is 12.9. The summed E-state index contributed by atoms with van der Waals surface area (Å²) in [6.45, 7) is 4.05. The van der Waals surface area contributed by atoms with Gasteiger partial charge in [0.25, 0.3) is 0 Å². The molecule has 6 heteroatoms. The first-order valence-electron chi connectivity index (χ1n) is 6.57. The summed E-state index contributed by atoms with van der Waals surface area (Å²) in [5, 5.41) is 3.96. The van der Waals surface area contributed by atoms with Crippen molar-refractivity contribution < 1.29 is 19.1 Å². The van der Waals surface area contributed by atoms with E-state index in [-0.39, 0.29) is 6.61 Å². The number of halogens is 1. The van der Waals surface area contributed by atoms with Crippen molar-refractivity contribution in [3.8, 4) is 23.8 Å². The maximum atomic E-state index is 11.6. The predicted octanol–water partition coefficient (Wildman–Crippen LogP) is 3.07. The highest BCUT2D eigenvalue weighted by Gasteiger charge is 2.22. The number of nitrogens with zero attached hydrogens (tertiary/aromatic N) is 1. The van der Waals surface area contributed by atoms with E-state index in [4.69, 9.17) is 27.5 Å². The zero-order chi connectivity index (χ0) is 16.1. The second-order valence-corrected chi connectivity index (χ2v) is 4.78. The first-order chi connectivity index (χ1) is 10.6. The van der Waals surface area contributed by atoms with Gasteiger partial charge < -0.3 is 14.3 Å². The molecular formula is C16H14ClNO4. The summed E-state index contributed by atoms with van der Waals surface area (Å²) in [6, 6.07) is 3.37. The van der Waals surface area contributed by atoms with Crippen LogP contribution in [0.25, 0.3) is 6.08 Å². The number of hydrogen-bond donors (Lipinski definition) is 0. The Hall–Kier alpha value is -2.45. The number of rotatable bonds is 5.